The van der Waals surface area contributed by atoms with Gasteiger partial charge < -0.3 is 0 Å². The number of hydrogen-bond donors (Lipinski definition) is 0. The normalized spacial score (nSPS) is 13.8. The summed E-state index contributed by atoms with van der Waals surface area (Å²) in [5.41, 5.74) is 10.7. The van der Waals surface area contributed by atoms with E-state index in [2.05, 4.69) is 147 Å². The fraction of sp³-hybridized carbons (Fsp3) is 0.0732. The summed E-state index contributed by atoms with van der Waals surface area (Å²) in [4.78, 5) is 0. The highest BCUT2D eigenvalue weighted by atomic mass is 14.4. The van der Waals surface area contributed by atoms with E-state index in [0.717, 1.165) is 0 Å². The van der Waals surface area contributed by atoms with Crippen LogP contribution in [-0.2, 0) is 5.41 Å². The van der Waals surface area contributed by atoms with E-state index >= 15 is 0 Å². The molecule has 0 nitrogen and oxygen atoms in total. The summed E-state index contributed by atoms with van der Waals surface area (Å²) in [6.45, 7) is 4.76. The Kier molecular flexibility index (Phi) is 4.49. The van der Waals surface area contributed by atoms with Gasteiger partial charge in [-0.1, -0.05) is 129 Å². The SMILES string of the molecule is CC1(C)c2cc(-c3ccc4ccc5c(-c6ccccc6)ccc6ccc3c4c65)ccc2-c2cc3ccccc3cc21. The largest absolute Gasteiger partial charge is 0.0622 e. The maximum atomic E-state index is 2.46. The van der Waals surface area contributed by atoms with Crippen molar-refractivity contribution >= 4 is 43.1 Å². The molecule has 0 aromatic heterocycles. The molecule has 0 atom stereocenters. The molecule has 192 valence electrons. The second-order valence-corrected chi connectivity index (χ2v) is 12.1. The van der Waals surface area contributed by atoms with Gasteiger partial charge in [0.15, 0.2) is 0 Å². The lowest BCUT2D eigenvalue weighted by Crippen LogP contribution is -2.15. The van der Waals surface area contributed by atoms with E-state index in [1.54, 1.807) is 0 Å². The Bertz CT molecular complexity index is 2320. The molecule has 9 rings (SSSR count). The predicted octanol–water partition coefficient (Wildman–Crippen LogP) is 11.4. The average Bonchev–Trinajstić information content (AvgIpc) is 3.24. The lowest BCUT2D eigenvalue weighted by molar-refractivity contribution is 0.661. The Morgan fingerprint density at radius 3 is 1.59 bits per heavy atom. The Morgan fingerprint density at radius 1 is 0.366 bits per heavy atom. The third-order valence-corrected chi connectivity index (χ3v) is 9.60. The zero-order valence-electron chi connectivity index (χ0n) is 23.2. The topological polar surface area (TPSA) is 0 Å². The molecule has 0 bridgehead atoms. The van der Waals surface area contributed by atoms with Crippen molar-refractivity contribution in [1.82, 2.24) is 0 Å². The first-order valence-electron chi connectivity index (χ1n) is 14.5. The van der Waals surface area contributed by atoms with Crippen molar-refractivity contribution in [3.8, 4) is 33.4 Å². The van der Waals surface area contributed by atoms with Crippen LogP contribution in [0.15, 0.2) is 133 Å². The highest BCUT2D eigenvalue weighted by molar-refractivity contribution is 6.27. The van der Waals surface area contributed by atoms with Crippen LogP contribution in [0, 0.1) is 0 Å². The molecule has 0 heterocycles. The smallest absolute Gasteiger partial charge is 0.0159 e. The molecule has 0 fully saturated rings. The molecule has 0 saturated heterocycles. The molecule has 0 aliphatic heterocycles. The first-order chi connectivity index (χ1) is 20.1. The van der Waals surface area contributed by atoms with Crippen LogP contribution in [0.5, 0.6) is 0 Å². The Labute approximate surface area is 239 Å². The first-order valence-corrected chi connectivity index (χ1v) is 14.5. The summed E-state index contributed by atoms with van der Waals surface area (Å²) in [7, 11) is 0. The maximum absolute atomic E-state index is 2.46. The van der Waals surface area contributed by atoms with Gasteiger partial charge >= 0.3 is 0 Å². The molecule has 8 aromatic rings. The molecule has 1 aliphatic rings. The van der Waals surface area contributed by atoms with E-state index in [1.807, 2.05) is 0 Å². The van der Waals surface area contributed by atoms with Gasteiger partial charge in [-0.2, -0.15) is 0 Å². The van der Waals surface area contributed by atoms with Crippen LogP contribution < -0.4 is 0 Å². The lowest BCUT2D eigenvalue weighted by atomic mass is 9.80. The van der Waals surface area contributed by atoms with Gasteiger partial charge in [0, 0.05) is 5.41 Å². The van der Waals surface area contributed by atoms with E-state index < -0.39 is 0 Å². The second kappa shape index (κ2) is 8.05. The van der Waals surface area contributed by atoms with Gasteiger partial charge in [-0.15, -0.1) is 0 Å². The fourth-order valence-corrected chi connectivity index (χ4v) is 7.51. The fourth-order valence-electron chi connectivity index (χ4n) is 7.51. The van der Waals surface area contributed by atoms with Crippen LogP contribution in [0.2, 0.25) is 0 Å². The van der Waals surface area contributed by atoms with E-state index in [-0.39, 0.29) is 5.41 Å². The molecular formula is C41H28. The highest BCUT2D eigenvalue weighted by Gasteiger charge is 2.36. The first kappa shape index (κ1) is 22.8. The van der Waals surface area contributed by atoms with E-state index in [1.165, 1.54) is 87.6 Å². The molecular weight excluding hydrogens is 492 g/mol. The number of hydrogen-bond acceptors (Lipinski definition) is 0. The summed E-state index contributed by atoms with van der Waals surface area (Å²) in [6.07, 6.45) is 0. The van der Waals surface area contributed by atoms with Gasteiger partial charge in [-0.05, 0) is 106 Å². The Balaban J connectivity index is 1.28. The van der Waals surface area contributed by atoms with Gasteiger partial charge in [0.2, 0.25) is 0 Å². The minimum absolute atomic E-state index is 0.0565. The minimum atomic E-state index is -0.0565. The van der Waals surface area contributed by atoms with E-state index in [0.29, 0.717) is 0 Å². The third kappa shape index (κ3) is 3.11. The average molecular weight is 521 g/mol. The standard InChI is InChI=1S/C41H28/c1-41(2)37-24-30(16-19-33(37)36-22-28-10-6-7-11-29(28)23-38(36)41)32-18-13-27-14-20-34-31(25-8-4-3-5-9-25)17-12-26-15-21-35(32)40(27)39(26)34/h3-24H,1-2H3. The Morgan fingerprint density at radius 2 is 0.902 bits per heavy atom. The zero-order chi connectivity index (χ0) is 27.3. The molecule has 1 aliphatic carbocycles. The zero-order valence-corrected chi connectivity index (χ0v) is 23.2. The lowest BCUT2D eigenvalue weighted by Gasteiger charge is -2.23. The summed E-state index contributed by atoms with van der Waals surface area (Å²) >= 11 is 0. The third-order valence-electron chi connectivity index (χ3n) is 9.60. The molecule has 0 heteroatoms. The van der Waals surface area contributed by atoms with Gasteiger partial charge in [0.05, 0.1) is 0 Å². The molecule has 0 N–H and O–H groups in total. The van der Waals surface area contributed by atoms with Crippen molar-refractivity contribution in [2.24, 2.45) is 0 Å². The van der Waals surface area contributed by atoms with Crippen LogP contribution in [0.4, 0.5) is 0 Å². The molecule has 0 amide bonds. The van der Waals surface area contributed by atoms with Crippen molar-refractivity contribution in [2.45, 2.75) is 19.3 Å². The van der Waals surface area contributed by atoms with Crippen molar-refractivity contribution in [3.63, 3.8) is 0 Å². The molecule has 0 unspecified atom stereocenters. The monoisotopic (exact) mass is 520 g/mol. The summed E-state index contributed by atoms with van der Waals surface area (Å²) < 4.78 is 0. The summed E-state index contributed by atoms with van der Waals surface area (Å²) in [5.74, 6) is 0. The molecule has 0 radical (unpaired) electrons. The van der Waals surface area contributed by atoms with Crippen molar-refractivity contribution in [3.05, 3.63) is 145 Å². The van der Waals surface area contributed by atoms with Crippen LogP contribution in [-0.4, -0.2) is 0 Å². The van der Waals surface area contributed by atoms with Gasteiger partial charge in [0.1, 0.15) is 0 Å². The summed E-state index contributed by atoms with van der Waals surface area (Å²) in [5, 5.41) is 10.6. The van der Waals surface area contributed by atoms with Crippen LogP contribution in [0.1, 0.15) is 25.0 Å². The summed E-state index contributed by atoms with van der Waals surface area (Å²) in [6, 6.07) is 49.9. The highest BCUT2D eigenvalue weighted by Crippen LogP contribution is 2.51. The molecule has 8 aromatic carbocycles. The molecule has 0 saturated carbocycles. The maximum Gasteiger partial charge on any atom is 0.0159 e. The Hall–Kier alpha value is -4.94. The second-order valence-electron chi connectivity index (χ2n) is 12.1. The number of benzene rings is 8. The van der Waals surface area contributed by atoms with E-state index in [4.69, 9.17) is 0 Å². The van der Waals surface area contributed by atoms with E-state index in [9.17, 15) is 0 Å². The van der Waals surface area contributed by atoms with Crippen molar-refractivity contribution in [1.29, 1.82) is 0 Å². The number of rotatable bonds is 2. The van der Waals surface area contributed by atoms with Crippen molar-refractivity contribution in [2.75, 3.05) is 0 Å². The van der Waals surface area contributed by atoms with Crippen molar-refractivity contribution < 1.29 is 0 Å². The van der Waals surface area contributed by atoms with Gasteiger partial charge in [0.25, 0.3) is 0 Å². The van der Waals surface area contributed by atoms with Crippen LogP contribution >= 0.6 is 0 Å². The van der Waals surface area contributed by atoms with Crippen LogP contribution in [0.25, 0.3) is 76.5 Å². The minimum Gasteiger partial charge on any atom is -0.0622 e. The van der Waals surface area contributed by atoms with Gasteiger partial charge in [-0.3, -0.25) is 0 Å². The number of fused-ring (bicyclic) bond motifs is 4. The van der Waals surface area contributed by atoms with Gasteiger partial charge in [-0.25, -0.2) is 0 Å². The molecule has 0 spiro atoms. The predicted molar refractivity (Wildman–Crippen MR) is 176 cm³/mol. The van der Waals surface area contributed by atoms with Crippen LogP contribution in [0.3, 0.4) is 0 Å². The quantitative estimate of drug-likeness (QED) is 0.199. The molecule has 41 heavy (non-hydrogen) atoms.